The Morgan fingerprint density at radius 1 is 1.12 bits per heavy atom. The summed E-state index contributed by atoms with van der Waals surface area (Å²) in [6, 6.07) is 10.6. The zero-order chi connectivity index (χ0) is 11.0. The van der Waals surface area contributed by atoms with Crippen LogP contribution in [-0.4, -0.2) is 12.7 Å². The summed E-state index contributed by atoms with van der Waals surface area (Å²) in [4.78, 5) is 0. The van der Waals surface area contributed by atoms with Crippen LogP contribution in [0.2, 0.25) is 0 Å². The summed E-state index contributed by atoms with van der Waals surface area (Å²) >= 11 is 0. The molecule has 0 N–H and O–H groups in total. The second kappa shape index (κ2) is 3.91. The van der Waals surface area contributed by atoms with Crippen molar-refractivity contribution in [2.75, 3.05) is 6.61 Å². The fourth-order valence-electron chi connectivity index (χ4n) is 2.48. The molecule has 2 aliphatic heterocycles. The van der Waals surface area contributed by atoms with Gasteiger partial charge in [-0.05, 0) is 11.1 Å². The van der Waals surface area contributed by atoms with E-state index in [0.29, 0.717) is 11.8 Å². The van der Waals surface area contributed by atoms with E-state index >= 15 is 0 Å². The number of fused-ring (bicyclic) bond motifs is 2. The number of ether oxygens (including phenoxy) is 1. The van der Waals surface area contributed by atoms with Gasteiger partial charge in [0.25, 0.3) is 0 Å². The molecule has 2 heterocycles. The summed E-state index contributed by atoms with van der Waals surface area (Å²) in [6.07, 6.45) is 7.14. The van der Waals surface area contributed by atoms with Gasteiger partial charge in [-0.1, -0.05) is 55.5 Å². The second-order valence-electron chi connectivity index (χ2n) is 4.64. The third-order valence-corrected chi connectivity index (χ3v) is 3.48. The zero-order valence-electron chi connectivity index (χ0n) is 9.47. The first-order valence-electron chi connectivity index (χ1n) is 5.91. The monoisotopic (exact) mass is 212 g/mol. The molecule has 0 fully saturated rings. The standard InChI is InChI=1S/C15H16O/c1-11-7-8-13-10-16-15(11)9-14(13)12-5-3-2-4-6-12/h2-9,11,13,15H,10H2,1H3/t11?,13-,15+/m1/s1. The van der Waals surface area contributed by atoms with Crippen LogP contribution in [0.15, 0.2) is 48.6 Å². The highest BCUT2D eigenvalue weighted by Crippen LogP contribution is 2.35. The minimum absolute atomic E-state index is 0.255. The Morgan fingerprint density at radius 2 is 1.94 bits per heavy atom. The molecule has 0 spiro atoms. The third-order valence-electron chi connectivity index (χ3n) is 3.48. The molecule has 4 rings (SSSR count). The molecule has 0 amide bonds. The van der Waals surface area contributed by atoms with Gasteiger partial charge in [-0.3, -0.25) is 0 Å². The molecule has 2 bridgehead atoms. The van der Waals surface area contributed by atoms with E-state index in [-0.39, 0.29) is 6.10 Å². The Balaban J connectivity index is 2.03. The van der Waals surface area contributed by atoms with Crippen molar-refractivity contribution >= 4 is 5.57 Å². The van der Waals surface area contributed by atoms with Gasteiger partial charge in [0.05, 0.1) is 12.7 Å². The number of benzene rings is 1. The highest BCUT2D eigenvalue weighted by molar-refractivity contribution is 5.70. The SMILES string of the molecule is CC1C=C[C@@H]2CO[C@H]1C=C2c1ccccc1. The minimum Gasteiger partial charge on any atom is -0.373 e. The summed E-state index contributed by atoms with van der Waals surface area (Å²) in [6.45, 7) is 3.04. The van der Waals surface area contributed by atoms with Crippen LogP contribution in [0.5, 0.6) is 0 Å². The van der Waals surface area contributed by atoms with Crippen molar-refractivity contribution in [2.45, 2.75) is 13.0 Å². The van der Waals surface area contributed by atoms with E-state index < -0.39 is 0 Å². The first-order chi connectivity index (χ1) is 7.84. The first kappa shape index (κ1) is 9.86. The van der Waals surface area contributed by atoms with E-state index in [1.165, 1.54) is 11.1 Å². The molecule has 1 nitrogen and oxygen atoms in total. The highest BCUT2D eigenvalue weighted by Gasteiger charge is 2.28. The smallest absolute Gasteiger partial charge is 0.0822 e. The Bertz CT molecular complexity index is 430. The molecule has 0 radical (unpaired) electrons. The van der Waals surface area contributed by atoms with E-state index in [9.17, 15) is 0 Å². The Morgan fingerprint density at radius 3 is 2.75 bits per heavy atom. The third kappa shape index (κ3) is 1.61. The lowest BCUT2D eigenvalue weighted by molar-refractivity contribution is 0.0535. The number of hydrogen-bond donors (Lipinski definition) is 0. The quantitative estimate of drug-likeness (QED) is 0.649. The van der Waals surface area contributed by atoms with Gasteiger partial charge in [0.1, 0.15) is 0 Å². The van der Waals surface area contributed by atoms with E-state index in [0.717, 1.165) is 6.61 Å². The Kier molecular flexibility index (Phi) is 2.41. The lowest BCUT2D eigenvalue weighted by Gasteiger charge is -2.26. The highest BCUT2D eigenvalue weighted by atomic mass is 16.5. The van der Waals surface area contributed by atoms with Crippen LogP contribution in [-0.2, 0) is 4.74 Å². The summed E-state index contributed by atoms with van der Waals surface area (Å²) < 4.78 is 5.83. The summed E-state index contributed by atoms with van der Waals surface area (Å²) in [5.74, 6) is 0.926. The maximum absolute atomic E-state index is 5.83. The van der Waals surface area contributed by atoms with Crippen LogP contribution in [0.3, 0.4) is 0 Å². The van der Waals surface area contributed by atoms with E-state index in [2.05, 4.69) is 55.5 Å². The Hall–Kier alpha value is -1.34. The minimum atomic E-state index is 0.255. The molecular weight excluding hydrogens is 196 g/mol. The van der Waals surface area contributed by atoms with Crippen LogP contribution in [0.1, 0.15) is 12.5 Å². The molecular formula is C15H16O. The van der Waals surface area contributed by atoms with Gasteiger partial charge in [0, 0.05) is 11.8 Å². The summed E-state index contributed by atoms with van der Waals surface area (Å²) in [5, 5.41) is 0. The molecule has 1 aromatic rings. The molecule has 1 unspecified atom stereocenters. The largest absolute Gasteiger partial charge is 0.373 e. The van der Waals surface area contributed by atoms with Gasteiger partial charge in [0.15, 0.2) is 0 Å². The van der Waals surface area contributed by atoms with Crippen LogP contribution in [0, 0.1) is 11.8 Å². The number of rotatable bonds is 1. The van der Waals surface area contributed by atoms with Crippen LogP contribution >= 0.6 is 0 Å². The van der Waals surface area contributed by atoms with Crippen molar-refractivity contribution in [3.8, 4) is 0 Å². The van der Waals surface area contributed by atoms with Crippen LogP contribution in [0.25, 0.3) is 5.57 Å². The van der Waals surface area contributed by atoms with Crippen molar-refractivity contribution in [2.24, 2.45) is 11.8 Å². The normalized spacial score (nSPS) is 32.3. The fourth-order valence-corrected chi connectivity index (χ4v) is 2.48. The molecule has 1 aromatic carbocycles. The molecule has 0 saturated carbocycles. The van der Waals surface area contributed by atoms with Crippen molar-refractivity contribution in [3.63, 3.8) is 0 Å². The topological polar surface area (TPSA) is 9.23 Å². The van der Waals surface area contributed by atoms with Gasteiger partial charge >= 0.3 is 0 Å². The van der Waals surface area contributed by atoms with E-state index in [1.807, 2.05) is 0 Å². The molecule has 1 aliphatic carbocycles. The second-order valence-corrected chi connectivity index (χ2v) is 4.64. The predicted molar refractivity (Wildman–Crippen MR) is 66.0 cm³/mol. The van der Waals surface area contributed by atoms with Crippen molar-refractivity contribution in [1.82, 2.24) is 0 Å². The number of hydrogen-bond acceptors (Lipinski definition) is 1. The van der Waals surface area contributed by atoms with E-state index in [1.54, 1.807) is 0 Å². The predicted octanol–water partition coefficient (Wildman–Crippen LogP) is 3.29. The van der Waals surface area contributed by atoms with Crippen molar-refractivity contribution < 1.29 is 4.74 Å². The van der Waals surface area contributed by atoms with Gasteiger partial charge < -0.3 is 4.74 Å². The van der Waals surface area contributed by atoms with Gasteiger partial charge in [-0.25, -0.2) is 0 Å². The molecule has 0 aromatic heterocycles. The molecule has 16 heavy (non-hydrogen) atoms. The molecule has 3 aliphatic rings. The maximum atomic E-state index is 5.83. The van der Waals surface area contributed by atoms with Crippen molar-refractivity contribution in [3.05, 3.63) is 54.1 Å². The summed E-state index contributed by atoms with van der Waals surface area (Å²) in [5.41, 5.74) is 2.76. The van der Waals surface area contributed by atoms with Gasteiger partial charge in [0.2, 0.25) is 0 Å². The molecule has 3 atom stereocenters. The van der Waals surface area contributed by atoms with E-state index in [4.69, 9.17) is 4.74 Å². The van der Waals surface area contributed by atoms with Crippen molar-refractivity contribution in [1.29, 1.82) is 0 Å². The lowest BCUT2D eigenvalue weighted by Crippen LogP contribution is -2.24. The molecule has 1 heteroatoms. The van der Waals surface area contributed by atoms with Crippen LogP contribution in [0.4, 0.5) is 0 Å². The molecule has 0 saturated heterocycles. The maximum Gasteiger partial charge on any atom is 0.0822 e. The Labute approximate surface area is 96.4 Å². The van der Waals surface area contributed by atoms with Crippen LogP contribution < -0.4 is 0 Å². The first-order valence-corrected chi connectivity index (χ1v) is 5.91. The van der Waals surface area contributed by atoms with Gasteiger partial charge in [-0.2, -0.15) is 0 Å². The molecule has 82 valence electrons. The summed E-state index contributed by atoms with van der Waals surface area (Å²) in [7, 11) is 0. The lowest BCUT2D eigenvalue weighted by atomic mass is 9.91. The average Bonchev–Trinajstić information content (AvgIpc) is 2.62. The average molecular weight is 212 g/mol. The zero-order valence-corrected chi connectivity index (χ0v) is 9.47. The fraction of sp³-hybridized carbons (Fsp3) is 0.333. The van der Waals surface area contributed by atoms with Gasteiger partial charge in [-0.15, -0.1) is 0 Å².